The Hall–Kier alpha value is -1.55. The van der Waals surface area contributed by atoms with Gasteiger partial charge in [-0.25, -0.2) is 0 Å². The summed E-state index contributed by atoms with van der Waals surface area (Å²) in [6, 6.07) is 13.9. The van der Waals surface area contributed by atoms with Gasteiger partial charge in [0, 0.05) is 16.8 Å². The predicted molar refractivity (Wildman–Crippen MR) is 101 cm³/mol. The molecule has 5 heteroatoms. The molecule has 3 rings (SSSR count). The summed E-state index contributed by atoms with van der Waals surface area (Å²) in [5.74, 6) is 0.0160. The molecule has 1 atom stereocenters. The number of benzene rings is 2. The monoisotopic (exact) mass is 362 g/mol. The molecule has 0 aliphatic carbocycles. The van der Waals surface area contributed by atoms with Crippen LogP contribution < -0.4 is 0 Å². The molecular formula is C19H20Cl2N2O. The normalized spacial score (nSPS) is 16.8. The van der Waals surface area contributed by atoms with Crippen LogP contribution in [0.25, 0.3) is 0 Å². The van der Waals surface area contributed by atoms with E-state index < -0.39 is 0 Å². The third-order valence-electron chi connectivity index (χ3n) is 4.33. The quantitative estimate of drug-likeness (QED) is 0.763. The largest absolute Gasteiger partial charge is 0.506 e. The molecule has 1 aliphatic rings. The van der Waals surface area contributed by atoms with Crippen LogP contribution in [0.5, 0.6) is 5.75 Å². The van der Waals surface area contributed by atoms with Gasteiger partial charge in [-0.1, -0.05) is 53.5 Å². The molecule has 0 radical (unpaired) electrons. The number of aromatic hydroxyl groups is 1. The minimum absolute atomic E-state index is 0.0160. The van der Waals surface area contributed by atoms with Gasteiger partial charge in [0.2, 0.25) is 0 Å². The zero-order valence-electron chi connectivity index (χ0n) is 13.3. The molecule has 0 aromatic heterocycles. The maximum Gasteiger partial charge on any atom is 0.143 e. The van der Waals surface area contributed by atoms with Gasteiger partial charge in [-0.3, -0.25) is 9.89 Å². The SMILES string of the molecule is Oc1c(Cl)cc(Cl)cc1C=NC[C@@H](c1ccccc1)N1CCCC1. The van der Waals surface area contributed by atoms with Gasteiger partial charge in [-0.2, -0.15) is 0 Å². The van der Waals surface area contributed by atoms with Gasteiger partial charge in [0.25, 0.3) is 0 Å². The number of rotatable bonds is 5. The number of hydrogen-bond donors (Lipinski definition) is 1. The summed E-state index contributed by atoms with van der Waals surface area (Å²) in [4.78, 5) is 7.03. The van der Waals surface area contributed by atoms with E-state index in [4.69, 9.17) is 23.2 Å². The van der Waals surface area contributed by atoms with Crippen molar-refractivity contribution in [3.63, 3.8) is 0 Å². The highest BCUT2D eigenvalue weighted by Crippen LogP contribution is 2.30. The summed E-state index contributed by atoms with van der Waals surface area (Å²) in [5.41, 5.74) is 1.81. The number of nitrogens with zero attached hydrogens (tertiary/aromatic N) is 2. The average Bonchev–Trinajstić information content (AvgIpc) is 3.11. The summed E-state index contributed by atoms with van der Waals surface area (Å²) in [5, 5.41) is 10.7. The second-order valence-corrected chi connectivity index (χ2v) is 6.83. The summed E-state index contributed by atoms with van der Waals surface area (Å²) >= 11 is 12.0. The number of hydrogen-bond acceptors (Lipinski definition) is 3. The van der Waals surface area contributed by atoms with E-state index in [1.165, 1.54) is 24.5 Å². The fourth-order valence-corrected chi connectivity index (χ4v) is 3.60. The first-order valence-electron chi connectivity index (χ1n) is 8.12. The van der Waals surface area contributed by atoms with Crippen molar-refractivity contribution in [1.29, 1.82) is 0 Å². The molecule has 1 aliphatic heterocycles. The van der Waals surface area contributed by atoms with Crippen molar-refractivity contribution in [2.75, 3.05) is 19.6 Å². The van der Waals surface area contributed by atoms with Crippen LogP contribution in [0.15, 0.2) is 47.5 Å². The van der Waals surface area contributed by atoms with E-state index in [1.54, 1.807) is 12.3 Å². The van der Waals surface area contributed by atoms with Crippen molar-refractivity contribution in [3.8, 4) is 5.75 Å². The maximum absolute atomic E-state index is 10.0. The average molecular weight is 363 g/mol. The Labute approximate surface area is 152 Å². The van der Waals surface area contributed by atoms with E-state index in [1.807, 2.05) is 6.07 Å². The van der Waals surface area contributed by atoms with Crippen molar-refractivity contribution in [2.24, 2.45) is 4.99 Å². The molecule has 2 aromatic rings. The van der Waals surface area contributed by atoms with Crippen molar-refractivity contribution in [3.05, 3.63) is 63.6 Å². The van der Waals surface area contributed by atoms with Gasteiger partial charge in [-0.15, -0.1) is 0 Å². The smallest absolute Gasteiger partial charge is 0.143 e. The molecule has 1 saturated heterocycles. The van der Waals surface area contributed by atoms with Crippen molar-refractivity contribution in [1.82, 2.24) is 4.90 Å². The highest BCUT2D eigenvalue weighted by molar-refractivity contribution is 6.36. The molecule has 24 heavy (non-hydrogen) atoms. The summed E-state index contributed by atoms with van der Waals surface area (Å²) < 4.78 is 0. The highest BCUT2D eigenvalue weighted by atomic mass is 35.5. The second kappa shape index (κ2) is 8.02. The van der Waals surface area contributed by atoms with Crippen LogP contribution in [0.4, 0.5) is 0 Å². The standard InChI is InChI=1S/C19H20Cl2N2O/c20-16-10-15(19(24)17(21)11-16)12-22-13-18(23-8-4-5-9-23)14-6-2-1-3-7-14/h1-3,6-7,10-12,18,24H,4-5,8-9,13H2/t18-/m0/s1. The fraction of sp³-hybridized carbons (Fsp3) is 0.316. The Kier molecular flexibility index (Phi) is 5.77. The minimum Gasteiger partial charge on any atom is -0.506 e. The molecule has 0 amide bonds. The lowest BCUT2D eigenvalue weighted by Gasteiger charge is -2.26. The molecule has 1 fully saturated rings. The fourth-order valence-electron chi connectivity index (χ4n) is 3.10. The lowest BCUT2D eigenvalue weighted by Crippen LogP contribution is -2.27. The number of halogens is 2. The molecular weight excluding hydrogens is 343 g/mol. The van der Waals surface area contributed by atoms with Gasteiger partial charge < -0.3 is 5.11 Å². The van der Waals surface area contributed by atoms with Crippen LogP contribution in [0.1, 0.15) is 30.0 Å². The van der Waals surface area contributed by atoms with Gasteiger partial charge in [0.15, 0.2) is 0 Å². The first kappa shape index (κ1) is 17.3. The number of aliphatic imine (C=N–C) groups is 1. The Morgan fingerprint density at radius 3 is 2.54 bits per heavy atom. The molecule has 1 N–H and O–H groups in total. The van der Waals surface area contributed by atoms with Crippen molar-refractivity contribution >= 4 is 29.4 Å². The Morgan fingerprint density at radius 1 is 1.12 bits per heavy atom. The van der Waals surface area contributed by atoms with Crippen LogP contribution in [0.2, 0.25) is 10.0 Å². The minimum atomic E-state index is 0.0160. The molecule has 3 nitrogen and oxygen atoms in total. The van der Waals surface area contributed by atoms with E-state index in [9.17, 15) is 5.11 Å². The number of phenolic OH excluding ortho intramolecular Hbond substituents is 1. The number of likely N-dealkylation sites (tertiary alicyclic amines) is 1. The first-order chi connectivity index (χ1) is 11.6. The third kappa shape index (κ3) is 4.10. The highest BCUT2D eigenvalue weighted by Gasteiger charge is 2.22. The summed E-state index contributed by atoms with van der Waals surface area (Å²) in [6.07, 6.45) is 4.12. The van der Waals surface area contributed by atoms with Crippen LogP contribution in [0.3, 0.4) is 0 Å². The van der Waals surface area contributed by atoms with Gasteiger partial charge in [-0.05, 0) is 43.6 Å². The van der Waals surface area contributed by atoms with Gasteiger partial charge >= 0.3 is 0 Å². The van der Waals surface area contributed by atoms with Crippen LogP contribution in [-0.4, -0.2) is 35.9 Å². The lowest BCUT2D eigenvalue weighted by atomic mass is 10.1. The molecule has 0 spiro atoms. The predicted octanol–water partition coefficient (Wildman–Crippen LogP) is 4.96. The molecule has 1 heterocycles. The summed E-state index contributed by atoms with van der Waals surface area (Å²) in [7, 11) is 0. The second-order valence-electron chi connectivity index (χ2n) is 5.99. The molecule has 2 aromatic carbocycles. The Balaban J connectivity index is 1.78. The van der Waals surface area contributed by atoms with Crippen LogP contribution >= 0.6 is 23.2 Å². The topological polar surface area (TPSA) is 35.8 Å². The third-order valence-corrected chi connectivity index (χ3v) is 4.84. The Bertz CT molecular complexity index is 713. The van der Waals surface area contributed by atoms with Crippen molar-refractivity contribution in [2.45, 2.75) is 18.9 Å². The number of phenols is 1. The van der Waals surface area contributed by atoms with Gasteiger partial charge in [0.05, 0.1) is 17.6 Å². The van der Waals surface area contributed by atoms with E-state index in [-0.39, 0.29) is 16.8 Å². The molecule has 0 bridgehead atoms. The van der Waals surface area contributed by atoms with Crippen molar-refractivity contribution < 1.29 is 5.11 Å². The van der Waals surface area contributed by atoms with E-state index in [2.05, 4.69) is 34.2 Å². The molecule has 0 saturated carbocycles. The Morgan fingerprint density at radius 2 is 1.83 bits per heavy atom. The summed E-state index contributed by atoms with van der Waals surface area (Å²) in [6.45, 7) is 2.83. The van der Waals surface area contributed by atoms with E-state index in [0.29, 0.717) is 17.1 Å². The van der Waals surface area contributed by atoms with E-state index in [0.717, 1.165) is 13.1 Å². The van der Waals surface area contributed by atoms with Crippen LogP contribution in [-0.2, 0) is 0 Å². The zero-order chi connectivity index (χ0) is 16.9. The lowest BCUT2D eigenvalue weighted by molar-refractivity contribution is 0.252. The zero-order valence-corrected chi connectivity index (χ0v) is 14.8. The molecule has 0 unspecified atom stereocenters. The van der Waals surface area contributed by atoms with Crippen LogP contribution in [0, 0.1) is 0 Å². The first-order valence-corrected chi connectivity index (χ1v) is 8.87. The van der Waals surface area contributed by atoms with E-state index >= 15 is 0 Å². The molecule has 126 valence electrons. The maximum atomic E-state index is 10.0. The van der Waals surface area contributed by atoms with Gasteiger partial charge in [0.1, 0.15) is 5.75 Å².